The summed E-state index contributed by atoms with van der Waals surface area (Å²) in [6.07, 6.45) is 2.32. The zero-order valence-corrected chi connectivity index (χ0v) is 8.93. The van der Waals surface area contributed by atoms with Gasteiger partial charge in [0, 0.05) is 18.3 Å². The number of nitrogens with two attached hydrogens (primary N) is 1. The van der Waals surface area contributed by atoms with E-state index < -0.39 is 0 Å². The van der Waals surface area contributed by atoms with Crippen molar-refractivity contribution in [3.63, 3.8) is 0 Å². The van der Waals surface area contributed by atoms with E-state index in [0.717, 1.165) is 19.4 Å². The topological polar surface area (TPSA) is 38.0 Å². The van der Waals surface area contributed by atoms with Crippen molar-refractivity contribution in [3.8, 4) is 0 Å². The predicted molar refractivity (Wildman–Crippen MR) is 60.7 cm³/mol. The second-order valence-corrected chi connectivity index (χ2v) is 4.23. The Labute approximate surface area is 85.5 Å². The molecule has 1 atom stereocenters. The van der Waals surface area contributed by atoms with E-state index in [4.69, 9.17) is 5.73 Å². The molecule has 0 radical (unpaired) electrons. The molecule has 0 saturated carbocycles. The molecule has 0 aromatic heterocycles. The first-order valence-corrected chi connectivity index (χ1v) is 5.27. The van der Waals surface area contributed by atoms with Crippen LogP contribution in [0.4, 0.5) is 5.69 Å². The summed E-state index contributed by atoms with van der Waals surface area (Å²) in [5.41, 5.74) is 11.1. The molecule has 0 fully saturated rings. The van der Waals surface area contributed by atoms with Gasteiger partial charge in [-0.05, 0) is 37.8 Å². The first kappa shape index (κ1) is 9.53. The maximum absolute atomic E-state index is 5.68. The Morgan fingerprint density at radius 2 is 2.21 bits per heavy atom. The van der Waals surface area contributed by atoms with Gasteiger partial charge in [-0.1, -0.05) is 17.7 Å². The summed E-state index contributed by atoms with van der Waals surface area (Å²) in [5.74, 6) is 0. The standard InChI is InChI=1S/C12H18N2/c1-8-5-9(2)12-10(6-8)3-4-11(7-13)14-12/h5-6,11,14H,3-4,7,13H2,1-2H3. The molecule has 0 bridgehead atoms. The normalized spacial score (nSPS) is 20.1. The first-order valence-electron chi connectivity index (χ1n) is 5.27. The molecule has 1 aromatic rings. The van der Waals surface area contributed by atoms with E-state index >= 15 is 0 Å². The quantitative estimate of drug-likeness (QED) is 0.710. The summed E-state index contributed by atoms with van der Waals surface area (Å²) in [7, 11) is 0. The van der Waals surface area contributed by atoms with E-state index in [9.17, 15) is 0 Å². The summed E-state index contributed by atoms with van der Waals surface area (Å²) in [6, 6.07) is 4.97. The van der Waals surface area contributed by atoms with Crippen molar-refractivity contribution in [2.45, 2.75) is 32.7 Å². The number of fused-ring (bicyclic) bond motifs is 1. The van der Waals surface area contributed by atoms with Crippen LogP contribution in [0.3, 0.4) is 0 Å². The molecular formula is C12H18N2. The lowest BCUT2D eigenvalue weighted by atomic mass is 9.94. The van der Waals surface area contributed by atoms with Crippen molar-refractivity contribution < 1.29 is 0 Å². The first-order chi connectivity index (χ1) is 6.70. The van der Waals surface area contributed by atoms with Crippen molar-refractivity contribution in [3.05, 3.63) is 28.8 Å². The van der Waals surface area contributed by atoms with Gasteiger partial charge in [-0.3, -0.25) is 0 Å². The number of hydrogen-bond donors (Lipinski definition) is 2. The molecule has 1 aliphatic rings. The fraction of sp³-hybridized carbons (Fsp3) is 0.500. The van der Waals surface area contributed by atoms with E-state index in [1.165, 1.54) is 22.4 Å². The Morgan fingerprint density at radius 3 is 2.93 bits per heavy atom. The minimum absolute atomic E-state index is 0.462. The Hall–Kier alpha value is -1.02. The van der Waals surface area contributed by atoms with Crippen LogP contribution >= 0.6 is 0 Å². The summed E-state index contributed by atoms with van der Waals surface area (Å²) >= 11 is 0. The maximum atomic E-state index is 5.68. The average molecular weight is 190 g/mol. The largest absolute Gasteiger partial charge is 0.381 e. The Morgan fingerprint density at radius 1 is 1.43 bits per heavy atom. The van der Waals surface area contributed by atoms with Gasteiger partial charge in [-0.2, -0.15) is 0 Å². The highest BCUT2D eigenvalue weighted by Gasteiger charge is 2.17. The number of nitrogens with one attached hydrogen (secondary N) is 1. The van der Waals surface area contributed by atoms with Gasteiger partial charge in [0.1, 0.15) is 0 Å². The van der Waals surface area contributed by atoms with Gasteiger partial charge in [-0.15, -0.1) is 0 Å². The summed E-state index contributed by atoms with van der Waals surface area (Å²) < 4.78 is 0. The monoisotopic (exact) mass is 190 g/mol. The van der Waals surface area contributed by atoms with Crippen LogP contribution in [0, 0.1) is 13.8 Å². The molecule has 1 heterocycles. The highest BCUT2D eigenvalue weighted by Crippen LogP contribution is 2.29. The van der Waals surface area contributed by atoms with Gasteiger partial charge in [-0.25, -0.2) is 0 Å². The number of anilines is 1. The van der Waals surface area contributed by atoms with Crippen LogP contribution in [-0.2, 0) is 6.42 Å². The zero-order chi connectivity index (χ0) is 10.1. The number of hydrogen-bond acceptors (Lipinski definition) is 2. The van der Waals surface area contributed by atoms with Crippen molar-refractivity contribution in [2.24, 2.45) is 5.73 Å². The van der Waals surface area contributed by atoms with Crippen molar-refractivity contribution >= 4 is 5.69 Å². The van der Waals surface area contributed by atoms with Gasteiger partial charge in [0.05, 0.1) is 0 Å². The molecule has 76 valence electrons. The minimum atomic E-state index is 0.462. The van der Waals surface area contributed by atoms with Crippen LogP contribution in [-0.4, -0.2) is 12.6 Å². The van der Waals surface area contributed by atoms with Crippen LogP contribution in [0.5, 0.6) is 0 Å². The second kappa shape index (κ2) is 3.62. The molecular weight excluding hydrogens is 172 g/mol. The van der Waals surface area contributed by atoms with Crippen molar-refractivity contribution in [1.82, 2.24) is 0 Å². The van der Waals surface area contributed by atoms with Crippen LogP contribution in [0.1, 0.15) is 23.1 Å². The van der Waals surface area contributed by atoms with Gasteiger partial charge in [0.25, 0.3) is 0 Å². The lowest BCUT2D eigenvalue weighted by molar-refractivity contribution is 0.638. The van der Waals surface area contributed by atoms with Crippen molar-refractivity contribution in [2.75, 3.05) is 11.9 Å². The van der Waals surface area contributed by atoms with Crippen molar-refractivity contribution in [1.29, 1.82) is 0 Å². The number of aryl methyl sites for hydroxylation is 3. The maximum Gasteiger partial charge on any atom is 0.0405 e. The summed E-state index contributed by atoms with van der Waals surface area (Å²) in [5, 5.41) is 3.52. The predicted octanol–water partition coefficient (Wildman–Crippen LogP) is 1.99. The molecule has 1 unspecified atom stereocenters. The Balaban J connectivity index is 2.37. The smallest absolute Gasteiger partial charge is 0.0405 e. The van der Waals surface area contributed by atoms with E-state index in [2.05, 4.69) is 31.3 Å². The Kier molecular flexibility index (Phi) is 2.46. The summed E-state index contributed by atoms with van der Waals surface area (Å²) in [6.45, 7) is 5.05. The molecule has 2 rings (SSSR count). The van der Waals surface area contributed by atoms with Gasteiger partial charge >= 0.3 is 0 Å². The third-order valence-corrected chi connectivity index (χ3v) is 2.96. The molecule has 2 nitrogen and oxygen atoms in total. The summed E-state index contributed by atoms with van der Waals surface area (Å²) in [4.78, 5) is 0. The van der Waals surface area contributed by atoms with E-state index in [0.29, 0.717) is 6.04 Å². The average Bonchev–Trinajstić information content (AvgIpc) is 2.17. The molecule has 2 heteroatoms. The van der Waals surface area contributed by atoms with Gasteiger partial charge in [0.2, 0.25) is 0 Å². The van der Waals surface area contributed by atoms with Gasteiger partial charge < -0.3 is 11.1 Å². The third-order valence-electron chi connectivity index (χ3n) is 2.96. The highest BCUT2D eigenvalue weighted by atomic mass is 15.0. The molecule has 1 aromatic carbocycles. The third kappa shape index (κ3) is 1.62. The molecule has 0 spiro atoms. The fourth-order valence-corrected chi connectivity index (χ4v) is 2.24. The molecule has 0 saturated heterocycles. The lowest BCUT2D eigenvalue weighted by Gasteiger charge is -2.27. The molecule has 14 heavy (non-hydrogen) atoms. The van der Waals surface area contributed by atoms with E-state index in [-0.39, 0.29) is 0 Å². The molecule has 1 aliphatic heterocycles. The van der Waals surface area contributed by atoms with Gasteiger partial charge in [0.15, 0.2) is 0 Å². The number of benzene rings is 1. The van der Waals surface area contributed by atoms with E-state index in [1.807, 2.05) is 0 Å². The molecule has 0 amide bonds. The Bertz CT molecular complexity index is 344. The molecule has 0 aliphatic carbocycles. The molecule has 3 N–H and O–H groups in total. The fourth-order valence-electron chi connectivity index (χ4n) is 2.24. The zero-order valence-electron chi connectivity index (χ0n) is 8.93. The van der Waals surface area contributed by atoms with Crippen LogP contribution in [0.2, 0.25) is 0 Å². The number of rotatable bonds is 1. The van der Waals surface area contributed by atoms with Crippen LogP contribution in [0.25, 0.3) is 0 Å². The van der Waals surface area contributed by atoms with E-state index in [1.54, 1.807) is 0 Å². The second-order valence-electron chi connectivity index (χ2n) is 4.23. The highest BCUT2D eigenvalue weighted by molar-refractivity contribution is 5.60. The SMILES string of the molecule is Cc1cc(C)c2c(c1)CCC(CN)N2. The van der Waals surface area contributed by atoms with Crippen LogP contribution in [0.15, 0.2) is 12.1 Å². The lowest BCUT2D eigenvalue weighted by Crippen LogP contribution is -2.33. The minimum Gasteiger partial charge on any atom is -0.381 e. The van der Waals surface area contributed by atoms with Crippen LogP contribution < -0.4 is 11.1 Å².